The summed E-state index contributed by atoms with van der Waals surface area (Å²) in [7, 11) is 0. The Kier molecular flexibility index (Phi) is 2.06. The van der Waals surface area contributed by atoms with Crippen molar-refractivity contribution < 1.29 is 4.79 Å². The van der Waals surface area contributed by atoms with E-state index >= 15 is 0 Å². The summed E-state index contributed by atoms with van der Waals surface area (Å²) in [6.45, 7) is 3.98. The Morgan fingerprint density at radius 3 is 2.43 bits per heavy atom. The first-order valence-electron chi connectivity index (χ1n) is 4.95. The van der Waals surface area contributed by atoms with E-state index in [0.717, 1.165) is 6.42 Å². The third kappa shape index (κ3) is 1.52. The lowest BCUT2D eigenvalue weighted by atomic mass is 9.88. The van der Waals surface area contributed by atoms with Crippen molar-refractivity contribution in [3.63, 3.8) is 0 Å². The second-order valence-electron chi connectivity index (χ2n) is 4.52. The molecule has 1 aliphatic rings. The molecule has 0 radical (unpaired) electrons. The Bertz CT molecular complexity index is 343. The minimum absolute atomic E-state index is 0.159. The highest BCUT2D eigenvalue weighted by atomic mass is 16.2. The summed E-state index contributed by atoms with van der Waals surface area (Å²) in [4.78, 5) is 11.6. The van der Waals surface area contributed by atoms with Crippen molar-refractivity contribution in [1.82, 2.24) is 5.32 Å². The predicted octanol–water partition coefficient (Wildman–Crippen LogP) is 2.27. The van der Waals surface area contributed by atoms with E-state index in [0.29, 0.717) is 0 Å². The largest absolute Gasteiger partial charge is 0.349 e. The van der Waals surface area contributed by atoms with Gasteiger partial charge in [0.2, 0.25) is 5.91 Å². The van der Waals surface area contributed by atoms with Crippen molar-refractivity contribution in [1.29, 1.82) is 0 Å². The second kappa shape index (κ2) is 3.12. The monoisotopic (exact) mass is 189 g/mol. The molecule has 2 heteroatoms. The topological polar surface area (TPSA) is 29.1 Å². The molecule has 0 spiro atoms. The number of hydrogen-bond donors (Lipinski definition) is 1. The number of carbonyl (C=O) groups excluding carboxylic acids is 1. The zero-order valence-electron chi connectivity index (χ0n) is 8.58. The van der Waals surface area contributed by atoms with Crippen LogP contribution in [0.25, 0.3) is 0 Å². The summed E-state index contributed by atoms with van der Waals surface area (Å²) in [6.07, 6.45) is 0.885. The summed E-state index contributed by atoms with van der Waals surface area (Å²) in [6, 6.07) is 10.3. The van der Waals surface area contributed by atoms with Gasteiger partial charge < -0.3 is 5.32 Å². The molecule has 0 bridgehead atoms. The van der Waals surface area contributed by atoms with Gasteiger partial charge in [0.25, 0.3) is 0 Å². The predicted molar refractivity (Wildman–Crippen MR) is 55.7 cm³/mol. The molecule has 2 rings (SSSR count). The van der Waals surface area contributed by atoms with Crippen LogP contribution in [0.3, 0.4) is 0 Å². The number of rotatable bonds is 1. The maximum Gasteiger partial charge on any atom is 0.226 e. The zero-order chi connectivity index (χ0) is 10.2. The molecule has 1 amide bonds. The number of nitrogens with one attached hydrogen (secondary N) is 1. The van der Waals surface area contributed by atoms with E-state index in [1.54, 1.807) is 0 Å². The molecule has 1 aromatic carbocycles. The third-order valence-corrected chi connectivity index (χ3v) is 2.84. The number of benzene rings is 1. The lowest BCUT2D eigenvalue weighted by molar-refractivity contribution is -0.126. The Balaban J connectivity index is 2.21. The fourth-order valence-electron chi connectivity index (χ4n) is 1.89. The van der Waals surface area contributed by atoms with Crippen molar-refractivity contribution >= 4 is 5.91 Å². The van der Waals surface area contributed by atoms with E-state index in [-0.39, 0.29) is 17.4 Å². The minimum atomic E-state index is -0.222. The van der Waals surface area contributed by atoms with Crippen LogP contribution in [-0.4, -0.2) is 5.91 Å². The van der Waals surface area contributed by atoms with Crippen molar-refractivity contribution in [2.24, 2.45) is 5.41 Å². The SMILES string of the molecule is CC1(C)CC(c2ccccc2)NC1=O. The lowest BCUT2D eigenvalue weighted by Crippen LogP contribution is -2.25. The zero-order valence-corrected chi connectivity index (χ0v) is 8.58. The minimum Gasteiger partial charge on any atom is -0.349 e. The second-order valence-corrected chi connectivity index (χ2v) is 4.52. The van der Waals surface area contributed by atoms with Crippen LogP contribution in [0.4, 0.5) is 0 Å². The Morgan fingerprint density at radius 2 is 1.93 bits per heavy atom. The maximum atomic E-state index is 11.6. The van der Waals surface area contributed by atoms with Gasteiger partial charge in [0.1, 0.15) is 0 Å². The van der Waals surface area contributed by atoms with E-state index in [4.69, 9.17) is 0 Å². The van der Waals surface area contributed by atoms with Gasteiger partial charge in [-0.2, -0.15) is 0 Å². The van der Waals surface area contributed by atoms with Crippen LogP contribution in [-0.2, 0) is 4.79 Å². The van der Waals surface area contributed by atoms with Gasteiger partial charge in [-0.05, 0) is 12.0 Å². The summed E-state index contributed by atoms with van der Waals surface area (Å²) < 4.78 is 0. The van der Waals surface area contributed by atoms with Crippen molar-refractivity contribution in [3.05, 3.63) is 35.9 Å². The van der Waals surface area contributed by atoms with E-state index in [2.05, 4.69) is 17.4 Å². The Labute approximate surface area is 84.3 Å². The Morgan fingerprint density at radius 1 is 1.29 bits per heavy atom. The molecule has 1 atom stereocenters. The van der Waals surface area contributed by atoms with Crippen molar-refractivity contribution in [3.8, 4) is 0 Å². The standard InChI is InChI=1S/C12H15NO/c1-12(2)8-10(13-11(12)14)9-6-4-3-5-7-9/h3-7,10H,8H2,1-2H3,(H,13,14). The molecular weight excluding hydrogens is 174 g/mol. The van der Waals surface area contributed by atoms with Crippen LogP contribution in [0, 0.1) is 5.41 Å². The van der Waals surface area contributed by atoms with Crippen LogP contribution < -0.4 is 5.32 Å². The normalized spacial score (nSPS) is 24.7. The Hall–Kier alpha value is -1.31. The summed E-state index contributed by atoms with van der Waals surface area (Å²) in [5.74, 6) is 0.159. The van der Waals surface area contributed by atoms with Gasteiger partial charge >= 0.3 is 0 Å². The highest BCUT2D eigenvalue weighted by Crippen LogP contribution is 2.36. The molecule has 1 N–H and O–H groups in total. The highest BCUT2D eigenvalue weighted by Gasteiger charge is 2.39. The maximum absolute atomic E-state index is 11.6. The van der Waals surface area contributed by atoms with Crippen LogP contribution in [0.2, 0.25) is 0 Å². The van der Waals surface area contributed by atoms with Crippen LogP contribution >= 0.6 is 0 Å². The average Bonchev–Trinajstić information content (AvgIpc) is 2.43. The number of amides is 1. The average molecular weight is 189 g/mol. The summed E-state index contributed by atoms with van der Waals surface area (Å²) in [5.41, 5.74) is 0.979. The van der Waals surface area contributed by atoms with E-state index in [9.17, 15) is 4.79 Å². The molecule has 2 nitrogen and oxygen atoms in total. The van der Waals surface area contributed by atoms with Gasteiger partial charge in [-0.15, -0.1) is 0 Å². The summed E-state index contributed by atoms with van der Waals surface area (Å²) >= 11 is 0. The van der Waals surface area contributed by atoms with Crippen molar-refractivity contribution in [2.45, 2.75) is 26.3 Å². The van der Waals surface area contributed by atoms with E-state index in [1.165, 1.54) is 5.56 Å². The van der Waals surface area contributed by atoms with Crippen LogP contribution in [0.15, 0.2) is 30.3 Å². The van der Waals surface area contributed by atoms with Gasteiger partial charge in [0, 0.05) is 5.41 Å². The van der Waals surface area contributed by atoms with Gasteiger partial charge in [0.05, 0.1) is 6.04 Å². The summed E-state index contributed by atoms with van der Waals surface area (Å²) in [5, 5.41) is 3.02. The molecule has 1 aliphatic heterocycles. The first kappa shape index (κ1) is 9.25. The van der Waals surface area contributed by atoms with E-state index in [1.807, 2.05) is 32.0 Å². The third-order valence-electron chi connectivity index (χ3n) is 2.84. The lowest BCUT2D eigenvalue weighted by Gasteiger charge is -2.12. The molecule has 1 unspecified atom stereocenters. The fraction of sp³-hybridized carbons (Fsp3) is 0.417. The molecule has 74 valence electrons. The molecule has 14 heavy (non-hydrogen) atoms. The van der Waals surface area contributed by atoms with Crippen molar-refractivity contribution in [2.75, 3.05) is 0 Å². The molecular formula is C12H15NO. The van der Waals surface area contributed by atoms with Gasteiger partial charge in [-0.1, -0.05) is 44.2 Å². The number of hydrogen-bond acceptors (Lipinski definition) is 1. The molecule has 0 aromatic heterocycles. The van der Waals surface area contributed by atoms with Gasteiger partial charge in [0.15, 0.2) is 0 Å². The molecule has 1 heterocycles. The molecule has 1 aromatic rings. The smallest absolute Gasteiger partial charge is 0.226 e. The van der Waals surface area contributed by atoms with Gasteiger partial charge in [-0.3, -0.25) is 4.79 Å². The molecule has 0 aliphatic carbocycles. The number of carbonyl (C=O) groups is 1. The van der Waals surface area contributed by atoms with Crippen LogP contribution in [0.1, 0.15) is 31.9 Å². The molecule has 1 fully saturated rings. The quantitative estimate of drug-likeness (QED) is 0.721. The molecule has 0 saturated carbocycles. The van der Waals surface area contributed by atoms with E-state index < -0.39 is 0 Å². The van der Waals surface area contributed by atoms with Gasteiger partial charge in [-0.25, -0.2) is 0 Å². The first-order chi connectivity index (χ1) is 6.59. The first-order valence-corrected chi connectivity index (χ1v) is 4.95. The van der Waals surface area contributed by atoms with Crippen LogP contribution in [0.5, 0.6) is 0 Å². The highest BCUT2D eigenvalue weighted by molar-refractivity contribution is 5.84. The fourth-order valence-corrected chi connectivity index (χ4v) is 1.89. The molecule has 1 saturated heterocycles.